The molecule has 4 nitrogen and oxygen atoms in total. The van der Waals surface area contributed by atoms with Gasteiger partial charge in [-0.3, -0.25) is 9.59 Å². The Morgan fingerprint density at radius 2 is 1.71 bits per heavy atom. The Balaban J connectivity index is 2.22. The average Bonchev–Trinajstić information content (AvgIpc) is 2.84. The smallest absolute Gasteiger partial charge is 0.323 e. The van der Waals surface area contributed by atoms with E-state index in [4.69, 9.17) is 9.47 Å². The van der Waals surface area contributed by atoms with E-state index in [1.165, 1.54) is 39.1 Å². The fourth-order valence-corrected chi connectivity index (χ4v) is 3.53. The summed E-state index contributed by atoms with van der Waals surface area (Å²) in [6.45, 7) is 4.07. The van der Waals surface area contributed by atoms with Gasteiger partial charge in [-0.1, -0.05) is 30.2 Å². The summed E-state index contributed by atoms with van der Waals surface area (Å²) in [4.78, 5) is 24.3. The predicted molar refractivity (Wildman–Crippen MR) is 79.5 cm³/mol. The van der Waals surface area contributed by atoms with Gasteiger partial charge in [0.05, 0.1) is 14.2 Å². The third kappa shape index (κ3) is 3.04. The van der Waals surface area contributed by atoms with Crippen molar-refractivity contribution in [2.45, 2.75) is 44.9 Å². The monoisotopic (exact) mass is 292 g/mol. The normalized spacial score (nSPS) is 24.6. The minimum Gasteiger partial charge on any atom is -0.468 e. The molecule has 1 atom stereocenters. The first kappa shape index (κ1) is 15.8. The highest BCUT2D eigenvalue weighted by Gasteiger charge is 2.54. The Morgan fingerprint density at radius 3 is 2.24 bits per heavy atom. The van der Waals surface area contributed by atoms with Crippen molar-refractivity contribution in [2.24, 2.45) is 11.3 Å². The van der Waals surface area contributed by atoms with Gasteiger partial charge >= 0.3 is 11.9 Å². The van der Waals surface area contributed by atoms with Crippen molar-refractivity contribution >= 4 is 11.9 Å². The number of carbonyl (C=O) groups is 2. The Hall–Kier alpha value is -1.58. The second-order valence-electron chi connectivity index (χ2n) is 6.10. The Morgan fingerprint density at radius 1 is 1.14 bits per heavy atom. The van der Waals surface area contributed by atoms with Crippen LogP contribution in [0.15, 0.2) is 23.8 Å². The lowest BCUT2D eigenvalue weighted by molar-refractivity contribution is -0.168. The van der Waals surface area contributed by atoms with Crippen LogP contribution in [0.4, 0.5) is 0 Å². The maximum atomic E-state index is 12.1. The predicted octanol–water partition coefficient (Wildman–Crippen LogP) is 3.18. The standard InChI is InChI=1S/C17H24O4/c1-12-10-17(15(18)20-2,16(19)21-3)11-14(12)9-13-7-5-4-6-8-13/h9,14H,1,4-8,10-11H2,2-3H3. The van der Waals surface area contributed by atoms with Crippen LogP contribution in [0.25, 0.3) is 0 Å². The van der Waals surface area contributed by atoms with Gasteiger partial charge in [-0.05, 0) is 44.4 Å². The van der Waals surface area contributed by atoms with Crippen LogP contribution in [0.5, 0.6) is 0 Å². The zero-order valence-corrected chi connectivity index (χ0v) is 12.9. The quantitative estimate of drug-likeness (QED) is 0.455. The summed E-state index contributed by atoms with van der Waals surface area (Å²) in [5.74, 6) is -0.962. The van der Waals surface area contributed by atoms with Crippen LogP contribution >= 0.6 is 0 Å². The Bertz CT molecular complexity index is 451. The fraction of sp³-hybridized carbons (Fsp3) is 0.647. The molecule has 0 aliphatic heterocycles. The molecule has 2 fully saturated rings. The number of esters is 2. The van der Waals surface area contributed by atoms with Gasteiger partial charge in [0.1, 0.15) is 0 Å². The molecular formula is C17H24O4. The van der Waals surface area contributed by atoms with E-state index in [0.717, 1.165) is 18.4 Å². The van der Waals surface area contributed by atoms with E-state index >= 15 is 0 Å². The van der Waals surface area contributed by atoms with Crippen LogP contribution in [0, 0.1) is 11.3 Å². The second-order valence-corrected chi connectivity index (χ2v) is 6.10. The second kappa shape index (κ2) is 6.46. The molecular weight excluding hydrogens is 268 g/mol. The maximum absolute atomic E-state index is 12.1. The zero-order chi connectivity index (χ0) is 15.5. The molecule has 0 aromatic carbocycles. The SMILES string of the molecule is C=C1CC(C(=O)OC)(C(=O)OC)CC1C=C1CCCCC1. The number of hydrogen-bond donors (Lipinski definition) is 0. The number of hydrogen-bond acceptors (Lipinski definition) is 4. The van der Waals surface area contributed by atoms with Crippen molar-refractivity contribution in [1.29, 1.82) is 0 Å². The topological polar surface area (TPSA) is 52.6 Å². The Labute approximate surface area is 126 Å². The molecule has 2 rings (SSSR count). The molecule has 0 N–H and O–H groups in total. The van der Waals surface area contributed by atoms with Gasteiger partial charge in [-0.25, -0.2) is 0 Å². The van der Waals surface area contributed by atoms with Gasteiger partial charge in [-0.2, -0.15) is 0 Å². The molecule has 0 aromatic rings. The van der Waals surface area contributed by atoms with Crippen LogP contribution in [0.2, 0.25) is 0 Å². The van der Waals surface area contributed by atoms with Crippen molar-refractivity contribution in [1.82, 2.24) is 0 Å². The minimum atomic E-state index is -1.21. The molecule has 0 aromatic heterocycles. The zero-order valence-electron chi connectivity index (χ0n) is 12.9. The molecule has 4 heteroatoms. The molecule has 2 saturated carbocycles. The maximum Gasteiger partial charge on any atom is 0.323 e. The molecule has 1 unspecified atom stereocenters. The fourth-order valence-electron chi connectivity index (χ4n) is 3.53. The van der Waals surface area contributed by atoms with Crippen molar-refractivity contribution in [2.75, 3.05) is 14.2 Å². The largest absolute Gasteiger partial charge is 0.468 e. The van der Waals surface area contributed by atoms with Crippen molar-refractivity contribution in [3.05, 3.63) is 23.8 Å². The molecule has 0 radical (unpaired) electrons. The number of allylic oxidation sites excluding steroid dienone is 3. The number of carbonyl (C=O) groups excluding carboxylic acids is 2. The summed E-state index contributed by atoms with van der Waals surface area (Å²) < 4.78 is 9.69. The van der Waals surface area contributed by atoms with Crippen molar-refractivity contribution < 1.29 is 19.1 Å². The van der Waals surface area contributed by atoms with Gasteiger partial charge in [0, 0.05) is 0 Å². The molecule has 0 bridgehead atoms. The van der Waals surface area contributed by atoms with E-state index in [0.29, 0.717) is 12.8 Å². The molecule has 0 amide bonds. The summed E-state index contributed by atoms with van der Waals surface area (Å²) in [5, 5.41) is 0. The van der Waals surface area contributed by atoms with Gasteiger partial charge in [0.25, 0.3) is 0 Å². The summed E-state index contributed by atoms with van der Waals surface area (Å²) >= 11 is 0. The van der Waals surface area contributed by atoms with Gasteiger partial charge in [0.2, 0.25) is 0 Å². The van der Waals surface area contributed by atoms with Crippen LogP contribution < -0.4 is 0 Å². The van der Waals surface area contributed by atoms with E-state index in [-0.39, 0.29) is 5.92 Å². The molecule has 21 heavy (non-hydrogen) atoms. The van der Waals surface area contributed by atoms with Crippen LogP contribution in [0.3, 0.4) is 0 Å². The number of ether oxygens (including phenoxy) is 2. The van der Waals surface area contributed by atoms with Gasteiger partial charge < -0.3 is 9.47 Å². The molecule has 2 aliphatic rings. The molecule has 0 spiro atoms. The molecule has 0 saturated heterocycles. The number of rotatable bonds is 3. The van der Waals surface area contributed by atoms with Crippen LogP contribution in [-0.2, 0) is 19.1 Å². The summed E-state index contributed by atoms with van der Waals surface area (Å²) in [5.41, 5.74) is 1.14. The molecule has 0 heterocycles. The summed E-state index contributed by atoms with van der Waals surface area (Å²) in [6, 6.07) is 0. The highest BCUT2D eigenvalue weighted by molar-refractivity contribution is 6.01. The summed E-state index contributed by atoms with van der Waals surface area (Å²) in [6.07, 6.45) is 8.93. The first-order valence-corrected chi connectivity index (χ1v) is 7.57. The highest BCUT2D eigenvalue weighted by atomic mass is 16.5. The average molecular weight is 292 g/mol. The van der Waals surface area contributed by atoms with E-state index in [1.54, 1.807) is 0 Å². The highest BCUT2D eigenvalue weighted by Crippen LogP contribution is 2.47. The summed E-state index contributed by atoms with van der Waals surface area (Å²) in [7, 11) is 2.62. The first-order valence-electron chi connectivity index (χ1n) is 7.57. The van der Waals surface area contributed by atoms with E-state index in [9.17, 15) is 9.59 Å². The minimum absolute atomic E-state index is 0.0660. The lowest BCUT2D eigenvalue weighted by Crippen LogP contribution is -2.39. The lowest BCUT2D eigenvalue weighted by atomic mass is 9.84. The third-order valence-electron chi connectivity index (χ3n) is 4.71. The van der Waals surface area contributed by atoms with Crippen molar-refractivity contribution in [3.63, 3.8) is 0 Å². The molecule has 2 aliphatic carbocycles. The number of methoxy groups -OCH3 is 2. The van der Waals surface area contributed by atoms with Gasteiger partial charge in [-0.15, -0.1) is 0 Å². The Kier molecular flexibility index (Phi) is 4.86. The van der Waals surface area contributed by atoms with E-state index in [2.05, 4.69) is 12.7 Å². The van der Waals surface area contributed by atoms with Gasteiger partial charge in [0.15, 0.2) is 5.41 Å². The first-order chi connectivity index (χ1) is 10.0. The van der Waals surface area contributed by atoms with E-state index in [1.807, 2.05) is 0 Å². The van der Waals surface area contributed by atoms with Crippen molar-refractivity contribution in [3.8, 4) is 0 Å². The van der Waals surface area contributed by atoms with Crippen LogP contribution in [0.1, 0.15) is 44.9 Å². The van der Waals surface area contributed by atoms with Crippen LogP contribution in [-0.4, -0.2) is 26.2 Å². The third-order valence-corrected chi connectivity index (χ3v) is 4.71. The molecule has 116 valence electrons. The van der Waals surface area contributed by atoms with E-state index < -0.39 is 17.4 Å². The lowest BCUT2D eigenvalue weighted by Gasteiger charge is -2.22.